The molecular formula is C15H19NO2. The standard InChI is InChI=1S/C15H19NO2/c1-3-16-11-15-14(9-10-18-15)12-5-7-13(8-6-12)17-4-2/h5-10,16H,3-4,11H2,1-2H3. The maximum absolute atomic E-state index is 5.51. The van der Waals surface area contributed by atoms with E-state index in [1.807, 2.05) is 25.1 Å². The van der Waals surface area contributed by atoms with Crippen molar-refractivity contribution in [2.45, 2.75) is 20.4 Å². The van der Waals surface area contributed by atoms with Crippen LogP contribution in [-0.2, 0) is 6.54 Å². The van der Waals surface area contributed by atoms with E-state index in [9.17, 15) is 0 Å². The molecule has 1 aromatic heterocycles. The lowest BCUT2D eigenvalue weighted by atomic mass is 10.1. The topological polar surface area (TPSA) is 34.4 Å². The van der Waals surface area contributed by atoms with Gasteiger partial charge in [0.2, 0.25) is 0 Å². The molecule has 3 nitrogen and oxygen atoms in total. The van der Waals surface area contributed by atoms with E-state index in [0.717, 1.165) is 35.7 Å². The van der Waals surface area contributed by atoms with Gasteiger partial charge in [-0.25, -0.2) is 0 Å². The monoisotopic (exact) mass is 245 g/mol. The van der Waals surface area contributed by atoms with Crippen LogP contribution < -0.4 is 10.1 Å². The predicted octanol–water partition coefficient (Wildman–Crippen LogP) is 3.45. The summed E-state index contributed by atoms with van der Waals surface area (Å²) in [7, 11) is 0. The van der Waals surface area contributed by atoms with Crippen molar-refractivity contribution < 1.29 is 9.15 Å². The average Bonchev–Trinajstić information content (AvgIpc) is 2.86. The highest BCUT2D eigenvalue weighted by molar-refractivity contribution is 5.66. The normalized spacial score (nSPS) is 10.6. The van der Waals surface area contributed by atoms with E-state index in [0.29, 0.717) is 6.61 Å². The fourth-order valence-corrected chi connectivity index (χ4v) is 1.87. The third kappa shape index (κ3) is 2.93. The summed E-state index contributed by atoms with van der Waals surface area (Å²) in [6, 6.07) is 10.1. The maximum atomic E-state index is 5.51. The van der Waals surface area contributed by atoms with Crippen LogP contribution in [0.2, 0.25) is 0 Å². The van der Waals surface area contributed by atoms with Crippen molar-refractivity contribution >= 4 is 0 Å². The highest BCUT2D eigenvalue weighted by atomic mass is 16.5. The van der Waals surface area contributed by atoms with Crippen LogP contribution in [0.5, 0.6) is 5.75 Å². The molecule has 0 saturated heterocycles. The zero-order valence-corrected chi connectivity index (χ0v) is 10.9. The second kappa shape index (κ2) is 6.26. The molecule has 0 aliphatic heterocycles. The van der Waals surface area contributed by atoms with E-state index in [4.69, 9.17) is 9.15 Å². The average molecular weight is 245 g/mol. The second-order valence-electron chi connectivity index (χ2n) is 4.00. The molecule has 0 atom stereocenters. The van der Waals surface area contributed by atoms with E-state index >= 15 is 0 Å². The van der Waals surface area contributed by atoms with Gasteiger partial charge in [-0.2, -0.15) is 0 Å². The van der Waals surface area contributed by atoms with Crippen molar-refractivity contribution in [1.29, 1.82) is 0 Å². The first kappa shape index (κ1) is 12.7. The van der Waals surface area contributed by atoms with Crippen molar-refractivity contribution in [2.24, 2.45) is 0 Å². The third-order valence-corrected chi connectivity index (χ3v) is 2.76. The largest absolute Gasteiger partial charge is 0.494 e. The van der Waals surface area contributed by atoms with Gasteiger partial charge in [-0.1, -0.05) is 19.1 Å². The molecule has 0 fully saturated rings. The Labute approximate surface area is 108 Å². The summed E-state index contributed by atoms with van der Waals surface area (Å²) in [5.74, 6) is 1.87. The summed E-state index contributed by atoms with van der Waals surface area (Å²) >= 11 is 0. The van der Waals surface area contributed by atoms with Gasteiger partial charge in [-0.15, -0.1) is 0 Å². The third-order valence-electron chi connectivity index (χ3n) is 2.76. The number of nitrogens with one attached hydrogen (secondary N) is 1. The van der Waals surface area contributed by atoms with Crippen LogP contribution >= 0.6 is 0 Å². The molecule has 0 unspecified atom stereocenters. The lowest BCUT2D eigenvalue weighted by Gasteiger charge is -2.06. The Morgan fingerprint density at radius 3 is 2.56 bits per heavy atom. The molecule has 96 valence electrons. The van der Waals surface area contributed by atoms with Gasteiger partial charge in [0.05, 0.1) is 19.4 Å². The van der Waals surface area contributed by atoms with Gasteiger partial charge in [0.15, 0.2) is 0 Å². The van der Waals surface area contributed by atoms with Gasteiger partial charge in [0.25, 0.3) is 0 Å². The van der Waals surface area contributed by atoms with Gasteiger partial charge in [0, 0.05) is 5.56 Å². The number of hydrogen-bond acceptors (Lipinski definition) is 3. The zero-order valence-electron chi connectivity index (χ0n) is 10.9. The molecule has 2 aromatic rings. The molecule has 0 saturated carbocycles. The van der Waals surface area contributed by atoms with Crippen LogP contribution in [0.1, 0.15) is 19.6 Å². The number of hydrogen-bond donors (Lipinski definition) is 1. The number of ether oxygens (including phenoxy) is 1. The van der Waals surface area contributed by atoms with Crippen molar-refractivity contribution in [3.05, 3.63) is 42.4 Å². The molecule has 1 N–H and O–H groups in total. The first-order chi connectivity index (χ1) is 8.85. The Morgan fingerprint density at radius 1 is 1.11 bits per heavy atom. The van der Waals surface area contributed by atoms with Gasteiger partial charge >= 0.3 is 0 Å². The first-order valence-electron chi connectivity index (χ1n) is 6.35. The fraction of sp³-hybridized carbons (Fsp3) is 0.333. The Bertz CT molecular complexity index is 473. The summed E-state index contributed by atoms with van der Waals surface area (Å²) in [4.78, 5) is 0. The first-order valence-corrected chi connectivity index (χ1v) is 6.35. The van der Waals surface area contributed by atoms with Gasteiger partial charge in [-0.3, -0.25) is 0 Å². The molecule has 0 amide bonds. The fourth-order valence-electron chi connectivity index (χ4n) is 1.87. The Morgan fingerprint density at radius 2 is 1.89 bits per heavy atom. The van der Waals surface area contributed by atoms with Crippen LogP contribution in [0.15, 0.2) is 41.0 Å². The smallest absolute Gasteiger partial charge is 0.125 e. The van der Waals surface area contributed by atoms with Gasteiger partial charge < -0.3 is 14.5 Å². The van der Waals surface area contributed by atoms with E-state index in [1.54, 1.807) is 6.26 Å². The summed E-state index contributed by atoms with van der Waals surface area (Å²) in [5.41, 5.74) is 2.29. The zero-order chi connectivity index (χ0) is 12.8. The minimum atomic E-state index is 0.691. The van der Waals surface area contributed by atoms with Crippen molar-refractivity contribution in [1.82, 2.24) is 5.32 Å². The summed E-state index contributed by atoms with van der Waals surface area (Å²) in [6.45, 7) is 6.45. The second-order valence-corrected chi connectivity index (χ2v) is 4.00. The highest BCUT2D eigenvalue weighted by Gasteiger charge is 2.08. The molecule has 0 bridgehead atoms. The summed E-state index contributed by atoms with van der Waals surface area (Å²) in [5, 5.41) is 3.27. The number of furan rings is 1. The lowest BCUT2D eigenvalue weighted by Crippen LogP contribution is -2.11. The van der Waals surface area contributed by atoms with E-state index in [-0.39, 0.29) is 0 Å². The quantitative estimate of drug-likeness (QED) is 0.846. The Hall–Kier alpha value is -1.74. The molecule has 2 rings (SSSR count). The molecule has 0 aliphatic carbocycles. The molecule has 3 heteroatoms. The molecule has 1 heterocycles. The van der Waals surface area contributed by atoms with Crippen molar-refractivity contribution in [3.8, 4) is 16.9 Å². The van der Waals surface area contributed by atoms with Crippen LogP contribution in [0.4, 0.5) is 0 Å². The Kier molecular flexibility index (Phi) is 4.42. The minimum Gasteiger partial charge on any atom is -0.494 e. The highest BCUT2D eigenvalue weighted by Crippen LogP contribution is 2.26. The minimum absolute atomic E-state index is 0.691. The molecular weight excluding hydrogens is 226 g/mol. The molecule has 0 radical (unpaired) electrons. The van der Waals surface area contributed by atoms with E-state index < -0.39 is 0 Å². The maximum Gasteiger partial charge on any atom is 0.125 e. The number of rotatable bonds is 6. The van der Waals surface area contributed by atoms with Crippen LogP contribution in [0.25, 0.3) is 11.1 Å². The van der Waals surface area contributed by atoms with E-state index in [1.165, 1.54) is 0 Å². The lowest BCUT2D eigenvalue weighted by molar-refractivity contribution is 0.340. The molecule has 0 spiro atoms. The van der Waals surface area contributed by atoms with E-state index in [2.05, 4.69) is 24.4 Å². The van der Waals surface area contributed by atoms with Gasteiger partial charge in [-0.05, 0) is 37.2 Å². The Balaban J connectivity index is 2.17. The van der Waals surface area contributed by atoms with Crippen LogP contribution in [0.3, 0.4) is 0 Å². The predicted molar refractivity (Wildman–Crippen MR) is 72.7 cm³/mol. The van der Waals surface area contributed by atoms with Crippen molar-refractivity contribution in [2.75, 3.05) is 13.2 Å². The summed E-state index contributed by atoms with van der Waals surface area (Å²) in [6.07, 6.45) is 1.73. The van der Waals surface area contributed by atoms with Gasteiger partial charge in [0.1, 0.15) is 11.5 Å². The van der Waals surface area contributed by atoms with Crippen LogP contribution in [0, 0.1) is 0 Å². The molecule has 18 heavy (non-hydrogen) atoms. The number of benzene rings is 1. The SMILES string of the molecule is CCNCc1occc1-c1ccc(OCC)cc1. The van der Waals surface area contributed by atoms with Crippen molar-refractivity contribution in [3.63, 3.8) is 0 Å². The summed E-state index contributed by atoms with van der Waals surface area (Å²) < 4.78 is 10.9. The molecule has 0 aliphatic rings. The van der Waals surface area contributed by atoms with Crippen LogP contribution in [-0.4, -0.2) is 13.2 Å². The molecule has 1 aromatic carbocycles.